The molecule has 30 heavy (non-hydrogen) atoms. The summed E-state index contributed by atoms with van der Waals surface area (Å²) in [5.74, 6) is 0. The van der Waals surface area contributed by atoms with E-state index in [9.17, 15) is 0 Å². The average molecular weight is 437 g/mol. The minimum absolute atomic E-state index is 0.214. The highest BCUT2D eigenvalue weighted by atomic mass is 31.1. The molecule has 0 aliphatic rings. The highest BCUT2D eigenvalue weighted by molar-refractivity contribution is 7.66. The van der Waals surface area contributed by atoms with Crippen molar-refractivity contribution in [3.05, 3.63) is 84.2 Å². The van der Waals surface area contributed by atoms with E-state index in [1.165, 1.54) is 22.0 Å². The molecule has 2 aromatic heterocycles. The van der Waals surface area contributed by atoms with Crippen LogP contribution in [0.15, 0.2) is 73.1 Å². The predicted molar refractivity (Wildman–Crippen MR) is 135 cm³/mol. The molecule has 0 aliphatic heterocycles. The zero-order valence-electron chi connectivity index (χ0n) is 19.1. The molecule has 3 aromatic rings. The van der Waals surface area contributed by atoms with Crippen molar-refractivity contribution in [1.29, 1.82) is 0 Å². The standard InChI is InChI=1S/C26H34N2P2/c1-25(2,3)29(23-14-7-9-16-27-23)19-21-12-11-13-22(18-21)20-30(26(4,5)6)24-15-8-10-17-28-24/h7-18H,19-20H2,1-6H3. The number of hydrogen-bond donors (Lipinski definition) is 0. The van der Waals surface area contributed by atoms with Gasteiger partial charge in [0.1, 0.15) is 0 Å². The van der Waals surface area contributed by atoms with Crippen LogP contribution in [0.5, 0.6) is 0 Å². The van der Waals surface area contributed by atoms with Gasteiger partial charge in [0.2, 0.25) is 0 Å². The normalized spacial score (nSPS) is 14.3. The monoisotopic (exact) mass is 436 g/mol. The molecular formula is C26H34N2P2. The topological polar surface area (TPSA) is 25.8 Å². The minimum atomic E-state index is -0.390. The van der Waals surface area contributed by atoms with Gasteiger partial charge in [0.15, 0.2) is 0 Å². The van der Waals surface area contributed by atoms with E-state index in [-0.39, 0.29) is 10.3 Å². The van der Waals surface area contributed by atoms with Crippen LogP contribution in [0.4, 0.5) is 0 Å². The lowest BCUT2D eigenvalue weighted by atomic mass is 10.2. The summed E-state index contributed by atoms with van der Waals surface area (Å²) in [5.41, 5.74) is 5.33. The van der Waals surface area contributed by atoms with E-state index in [0.29, 0.717) is 0 Å². The van der Waals surface area contributed by atoms with E-state index in [1.54, 1.807) is 0 Å². The predicted octanol–water partition coefficient (Wildman–Crippen LogP) is 6.69. The molecule has 0 amide bonds. The summed E-state index contributed by atoms with van der Waals surface area (Å²) < 4.78 is 0. The van der Waals surface area contributed by atoms with E-state index in [0.717, 1.165) is 12.3 Å². The fourth-order valence-electron chi connectivity index (χ4n) is 3.54. The van der Waals surface area contributed by atoms with Crippen molar-refractivity contribution in [2.24, 2.45) is 0 Å². The van der Waals surface area contributed by atoms with Crippen LogP contribution in [0.3, 0.4) is 0 Å². The van der Waals surface area contributed by atoms with Crippen LogP contribution in [-0.4, -0.2) is 20.3 Å². The quantitative estimate of drug-likeness (QED) is 0.403. The third-order valence-corrected chi connectivity index (χ3v) is 11.4. The Bertz CT molecular complexity index is 854. The van der Waals surface area contributed by atoms with Crippen molar-refractivity contribution in [2.75, 3.05) is 0 Å². The number of rotatable bonds is 6. The van der Waals surface area contributed by atoms with Gasteiger partial charge in [-0.05, 0) is 73.9 Å². The zero-order valence-corrected chi connectivity index (χ0v) is 20.9. The second-order valence-corrected chi connectivity index (χ2v) is 15.7. The van der Waals surface area contributed by atoms with Gasteiger partial charge < -0.3 is 0 Å². The SMILES string of the molecule is CC(C)(C)P(Cc1cccc(CP(c2ccccn2)C(C)(C)C)c1)c1ccccn1. The number of pyridine rings is 2. The molecule has 0 N–H and O–H groups in total. The van der Waals surface area contributed by atoms with E-state index in [4.69, 9.17) is 9.97 Å². The molecular weight excluding hydrogens is 402 g/mol. The number of aromatic nitrogens is 2. The molecule has 3 rings (SSSR count). The maximum absolute atomic E-state index is 4.71. The molecule has 0 saturated carbocycles. The molecule has 0 saturated heterocycles. The van der Waals surface area contributed by atoms with E-state index >= 15 is 0 Å². The summed E-state index contributed by atoms with van der Waals surface area (Å²) in [6.45, 7) is 14.1. The molecule has 2 nitrogen and oxygen atoms in total. The van der Waals surface area contributed by atoms with Gasteiger partial charge in [-0.2, -0.15) is 0 Å². The maximum Gasteiger partial charge on any atom is 0.0639 e. The van der Waals surface area contributed by atoms with Crippen molar-refractivity contribution in [3.8, 4) is 0 Å². The van der Waals surface area contributed by atoms with Crippen LogP contribution in [-0.2, 0) is 12.3 Å². The third-order valence-electron chi connectivity index (χ3n) is 5.14. The Morgan fingerprint density at radius 1 is 0.600 bits per heavy atom. The number of nitrogens with zero attached hydrogens (tertiary/aromatic N) is 2. The maximum atomic E-state index is 4.71. The molecule has 0 spiro atoms. The third kappa shape index (κ3) is 6.19. The fourth-order valence-corrected chi connectivity index (χ4v) is 8.26. The van der Waals surface area contributed by atoms with Crippen LogP contribution in [0.1, 0.15) is 52.7 Å². The molecule has 2 heterocycles. The highest BCUT2D eigenvalue weighted by Gasteiger charge is 2.29. The first kappa shape index (κ1) is 23.1. The van der Waals surface area contributed by atoms with Gasteiger partial charge in [0, 0.05) is 12.4 Å². The van der Waals surface area contributed by atoms with Crippen molar-refractivity contribution >= 4 is 26.7 Å². The molecule has 0 fully saturated rings. The van der Waals surface area contributed by atoms with Crippen molar-refractivity contribution in [1.82, 2.24) is 9.97 Å². The van der Waals surface area contributed by atoms with Gasteiger partial charge in [0.25, 0.3) is 0 Å². The Kier molecular flexibility index (Phi) is 7.43. The zero-order chi connectivity index (χ0) is 21.8. The highest BCUT2D eigenvalue weighted by Crippen LogP contribution is 2.52. The second-order valence-electron chi connectivity index (χ2n) is 9.71. The summed E-state index contributed by atoms with van der Waals surface area (Å²) >= 11 is 0. The Labute approximate surface area is 185 Å². The number of hydrogen-bond acceptors (Lipinski definition) is 2. The van der Waals surface area contributed by atoms with Crippen LogP contribution < -0.4 is 10.9 Å². The molecule has 2 unspecified atom stereocenters. The summed E-state index contributed by atoms with van der Waals surface area (Å²) in [7, 11) is -0.781. The minimum Gasteiger partial charge on any atom is -0.257 e. The summed E-state index contributed by atoms with van der Waals surface area (Å²) in [6, 6.07) is 21.9. The van der Waals surface area contributed by atoms with E-state index in [1.807, 2.05) is 24.5 Å². The lowest BCUT2D eigenvalue weighted by Gasteiger charge is -2.32. The first-order valence-electron chi connectivity index (χ1n) is 10.6. The van der Waals surface area contributed by atoms with Gasteiger partial charge in [0.05, 0.1) is 10.9 Å². The van der Waals surface area contributed by atoms with Crippen LogP contribution in [0.2, 0.25) is 0 Å². The summed E-state index contributed by atoms with van der Waals surface area (Å²) in [6.07, 6.45) is 5.99. The van der Waals surface area contributed by atoms with Gasteiger partial charge in [-0.3, -0.25) is 9.97 Å². The van der Waals surface area contributed by atoms with Gasteiger partial charge in [-0.15, -0.1) is 0 Å². The molecule has 0 aliphatic carbocycles. The van der Waals surface area contributed by atoms with Crippen molar-refractivity contribution in [2.45, 2.75) is 64.2 Å². The average Bonchev–Trinajstić information content (AvgIpc) is 2.70. The fraction of sp³-hybridized carbons (Fsp3) is 0.385. The Hall–Kier alpha value is -1.62. The van der Waals surface area contributed by atoms with Crippen molar-refractivity contribution in [3.63, 3.8) is 0 Å². The van der Waals surface area contributed by atoms with Crippen LogP contribution in [0.25, 0.3) is 0 Å². The Balaban J connectivity index is 1.86. The molecule has 2 atom stereocenters. The summed E-state index contributed by atoms with van der Waals surface area (Å²) in [5, 5.41) is 0.428. The number of benzene rings is 1. The van der Waals surface area contributed by atoms with Crippen molar-refractivity contribution < 1.29 is 0 Å². The first-order valence-corrected chi connectivity index (χ1v) is 13.7. The smallest absolute Gasteiger partial charge is 0.0639 e. The van der Waals surface area contributed by atoms with Crippen LogP contribution >= 0.6 is 15.8 Å². The van der Waals surface area contributed by atoms with Gasteiger partial charge >= 0.3 is 0 Å². The molecule has 4 heteroatoms. The van der Waals surface area contributed by atoms with Gasteiger partial charge in [-0.1, -0.05) is 77.9 Å². The van der Waals surface area contributed by atoms with E-state index in [2.05, 4.69) is 90.1 Å². The summed E-state index contributed by atoms with van der Waals surface area (Å²) in [4.78, 5) is 9.42. The van der Waals surface area contributed by atoms with Gasteiger partial charge in [-0.25, -0.2) is 0 Å². The lowest BCUT2D eigenvalue weighted by molar-refractivity contribution is 0.784. The molecule has 0 radical (unpaired) electrons. The largest absolute Gasteiger partial charge is 0.257 e. The molecule has 1 aromatic carbocycles. The Morgan fingerprint density at radius 2 is 1.03 bits per heavy atom. The van der Waals surface area contributed by atoms with Crippen LogP contribution in [0, 0.1) is 0 Å². The van der Waals surface area contributed by atoms with E-state index < -0.39 is 15.8 Å². The molecule has 0 bridgehead atoms. The first-order chi connectivity index (χ1) is 14.1. The Morgan fingerprint density at radius 3 is 1.37 bits per heavy atom. The molecule has 158 valence electrons. The lowest BCUT2D eigenvalue weighted by Crippen LogP contribution is -2.22. The second kappa shape index (κ2) is 9.67.